The number of halogens is 1. The van der Waals surface area contributed by atoms with Gasteiger partial charge in [0.25, 0.3) is 5.91 Å². The molecule has 1 unspecified atom stereocenters. The van der Waals surface area contributed by atoms with Gasteiger partial charge < -0.3 is 10.2 Å². The number of nitrogens with zero attached hydrogens (tertiary/aromatic N) is 5. The molecule has 4 heterocycles. The number of likely N-dealkylation sites (tertiary alicyclic amines) is 1. The molecule has 2 aromatic carbocycles. The number of alkyl halides is 1. The normalized spacial score (nSPS) is 20.0. The zero-order valence-electron chi connectivity index (χ0n) is 20.6. The van der Waals surface area contributed by atoms with Crippen LogP contribution in [0.25, 0.3) is 16.8 Å². The summed E-state index contributed by atoms with van der Waals surface area (Å²) in [5, 5.41) is 7.96. The van der Waals surface area contributed by atoms with E-state index < -0.39 is 6.17 Å². The molecule has 1 aliphatic carbocycles. The van der Waals surface area contributed by atoms with Gasteiger partial charge in [0.05, 0.1) is 0 Å². The van der Waals surface area contributed by atoms with E-state index >= 15 is 0 Å². The van der Waals surface area contributed by atoms with Crippen molar-refractivity contribution in [2.45, 2.75) is 51.0 Å². The maximum atomic E-state index is 13.8. The molecule has 37 heavy (non-hydrogen) atoms. The van der Waals surface area contributed by atoms with Crippen molar-refractivity contribution in [2.24, 2.45) is 0 Å². The van der Waals surface area contributed by atoms with Crippen LogP contribution in [0.2, 0.25) is 0 Å². The molecule has 1 saturated carbocycles. The van der Waals surface area contributed by atoms with Crippen LogP contribution < -0.4 is 5.32 Å². The average Bonchev–Trinajstić information content (AvgIpc) is 3.58. The highest BCUT2D eigenvalue weighted by atomic mass is 19.1. The number of carbonyl (C=O) groups excluding carboxylic acids is 1. The standard InChI is InChI=1S/C29H29FN6O/c30-22-3-1-13-34(18-22)16-19-5-7-20(8-6-19)25-4-2-14-36-27(25)32-29(33-36)31-23-9-12-26-21(15-23)17-35(28(26)37)24-10-11-24/h2,4-9,12,14-15,22,24H,1,3,10-11,13,16-18H2,(H,31,33). The van der Waals surface area contributed by atoms with Gasteiger partial charge in [0.1, 0.15) is 6.17 Å². The van der Waals surface area contributed by atoms with Crippen LogP contribution in [0.3, 0.4) is 0 Å². The number of carbonyl (C=O) groups is 1. The van der Waals surface area contributed by atoms with Gasteiger partial charge in [0.15, 0.2) is 5.65 Å². The van der Waals surface area contributed by atoms with Crippen molar-refractivity contribution >= 4 is 23.2 Å². The van der Waals surface area contributed by atoms with Crippen molar-refractivity contribution in [3.8, 4) is 11.1 Å². The number of pyridine rings is 1. The molecule has 2 aromatic heterocycles. The third kappa shape index (κ3) is 4.35. The summed E-state index contributed by atoms with van der Waals surface area (Å²) in [6.07, 6.45) is 5.01. The zero-order chi connectivity index (χ0) is 24.9. The van der Waals surface area contributed by atoms with Crippen molar-refractivity contribution < 1.29 is 9.18 Å². The predicted octanol–water partition coefficient (Wildman–Crippen LogP) is 5.19. The minimum Gasteiger partial charge on any atom is -0.331 e. The monoisotopic (exact) mass is 496 g/mol. The molecule has 2 fully saturated rings. The van der Waals surface area contributed by atoms with Gasteiger partial charge in [0, 0.05) is 48.7 Å². The molecule has 0 spiro atoms. The summed E-state index contributed by atoms with van der Waals surface area (Å²) in [5.41, 5.74) is 6.74. The molecule has 1 amide bonds. The molecule has 188 valence electrons. The van der Waals surface area contributed by atoms with Gasteiger partial charge in [-0.15, -0.1) is 5.10 Å². The maximum absolute atomic E-state index is 13.8. The minimum atomic E-state index is -0.710. The highest BCUT2D eigenvalue weighted by Gasteiger charge is 2.38. The first kappa shape index (κ1) is 22.4. The molecular formula is C29H29FN6O. The molecule has 8 heteroatoms. The Hall–Kier alpha value is -3.78. The van der Waals surface area contributed by atoms with Crippen molar-refractivity contribution in [1.82, 2.24) is 24.4 Å². The number of fused-ring (bicyclic) bond motifs is 2. The number of anilines is 2. The van der Waals surface area contributed by atoms with Gasteiger partial charge in [-0.05, 0) is 79.3 Å². The average molecular weight is 497 g/mol. The lowest BCUT2D eigenvalue weighted by Gasteiger charge is -2.28. The number of aromatic nitrogens is 3. The van der Waals surface area contributed by atoms with Gasteiger partial charge in [-0.3, -0.25) is 9.69 Å². The first-order chi connectivity index (χ1) is 18.1. The molecule has 1 N–H and O–H groups in total. The van der Waals surface area contributed by atoms with Crippen LogP contribution in [0.4, 0.5) is 16.0 Å². The van der Waals surface area contributed by atoms with Gasteiger partial charge in [-0.25, -0.2) is 8.91 Å². The summed E-state index contributed by atoms with van der Waals surface area (Å²) in [6.45, 7) is 2.93. The first-order valence-electron chi connectivity index (χ1n) is 13.1. The van der Waals surface area contributed by atoms with Crippen molar-refractivity contribution in [2.75, 3.05) is 18.4 Å². The van der Waals surface area contributed by atoms with Crippen LogP contribution in [-0.4, -0.2) is 55.6 Å². The Labute approximate surface area is 214 Å². The zero-order valence-corrected chi connectivity index (χ0v) is 20.6. The number of nitrogens with one attached hydrogen (secondary N) is 1. The fourth-order valence-corrected chi connectivity index (χ4v) is 5.61. The van der Waals surface area contributed by atoms with Crippen LogP contribution in [0.5, 0.6) is 0 Å². The number of rotatable bonds is 6. The highest BCUT2D eigenvalue weighted by Crippen LogP contribution is 2.36. The Morgan fingerprint density at radius 2 is 1.89 bits per heavy atom. The summed E-state index contributed by atoms with van der Waals surface area (Å²) in [4.78, 5) is 21.6. The molecule has 7 rings (SSSR count). The topological polar surface area (TPSA) is 65.8 Å². The van der Waals surface area contributed by atoms with Crippen molar-refractivity contribution in [3.05, 3.63) is 77.5 Å². The smallest absolute Gasteiger partial charge is 0.254 e. The fraction of sp³-hybridized carbons (Fsp3) is 0.345. The van der Waals surface area contributed by atoms with Crippen LogP contribution in [0.15, 0.2) is 60.8 Å². The summed E-state index contributed by atoms with van der Waals surface area (Å²) in [6, 6.07) is 18.7. The van der Waals surface area contributed by atoms with E-state index in [4.69, 9.17) is 4.98 Å². The molecule has 0 radical (unpaired) electrons. The Kier molecular flexibility index (Phi) is 5.43. The lowest BCUT2D eigenvalue weighted by Crippen LogP contribution is -2.35. The Bertz CT molecular complexity index is 1480. The third-order valence-electron chi connectivity index (χ3n) is 7.66. The second-order valence-corrected chi connectivity index (χ2v) is 10.5. The fourth-order valence-electron chi connectivity index (χ4n) is 5.61. The maximum Gasteiger partial charge on any atom is 0.254 e. The van der Waals surface area contributed by atoms with Gasteiger partial charge in [-0.2, -0.15) is 4.98 Å². The highest BCUT2D eigenvalue weighted by molar-refractivity contribution is 5.99. The first-order valence-corrected chi connectivity index (χ1v) is 13.1. The Balaban J connectivity index is 1.10. The second kappa shape index (κ2) is 8.95. The summed E-state index contributed by atoms with van der Waals surface area (Å²) in [7, 11) is 0. The van der Waals surface area contributed by atoms with E-state index in [1.54, 1.807) is 4.52 Å². The lowest BCUT2D eigenvalue weighted by molar-refractivity contribution is 0.0766. The molecule has 7 nitrogen and oxygen atoms in total. The number of piperidine rings is 1. The van der Waals surface area contributed by atoms with Crippen molar-refractivity contribution in [1.29, 1.82) is 0 Å². The number of hydrogen-bond acceptors (Lipinski definition) is 5. The number of amides is 1. The van der Waals surface area contributed by atoms with E-state index in [0.29, 0.717) is 31.5 Å². The van der Waals surface area contributed by atoms with Gasteiger partial charge in [0.2, 0.25) is 5.95 Å². The van der Waals surface area contributed by atoms with Crippen molar-refractivity contribution in [3.63, 3.8) is 0 Å². The molecule has 2 aliphatic heterocycles. The van der Waals surface area contributed by atoms with Crippen LogP contribution >= 0.6 is 0 Å². The van der Waals surface area contributed by atoms with E-state index in [1.165, 1.54) is 5.56 Å². The van der Waals surface area contributed by atoms with E-state index in [-0.39, 0.29) is 5.91 Å². The van der Waals surface area contributed by atoms with E-state index in [2.05, 4.69) is 45.6 Å². The largest absolute Gasteiger partial charge is 0.331 e. The minimum absolute atomic E-state index is 0.146. The molecule has 3 aliphatic rings. The summed E-state index contributed by atoms with van der Waals surface area (Å²) in [5.74, 6) is 0.659. The van der Waals surface area contributed by atoms with Crippen LogP contribution in [0.1, 0.15) is 47.2 Å². The van der Waals surface area contributed by atoms with Gasteiger partial charge >= 0.3 is 0 Å². The lowest BCUT2D eigenvalue weighted by atomic mass is 10.0. The SMILES string of the molecule is O=C1c2ccc(Nc3nc4c(-c5ccc(CN6CCCC(F)C6)cc5)cccn4n3)cc2CN1C1CC1. The summed E-state index contributed by atoms with van der Waals surface area (Å²) >= 11 is 0. The van der Waals surface area contributed by atoms with Crippen LogP contribution in [-0.2, 0) is 13.1 Å². The molecule has 1 saturated heterocycles. The van der Waals surface area contributed by atoms with E-state index in [1.807, 2.05) is 35.4 Å². The Morgan fingerprint density at radius 1 is 1.03 bits per heavy atom. The summed E-state index contributed by atoms with van der Waals surface area (Å²) < 4.78 is 15.5. The number of hydrogen-bond donors (Lipinski definition) is 1. The molecular weight excluding hydrogens is 467 g/mol. The third-order valence-corrected chi connectivity index (χ3v) is 7.66. The molecule has 0 bridgehead atoms. The van der Waals surface area contributed by atoms with E-state index in [0.717, 1.165) is 65.9 Å². The molecule has 4 aromatic rings. The quantitative estimate of drug-likeness (QED) is 0.398. The Morgan fingerprint density at radius 3 is 2.70 bits per heavy atom. The second-order valence-electron chi connectivity index (χ2n) is 10.5. The predicted molar refractivity (Wildman–Crippen MR) is 140 cm³/mol. The number of benzene rings is 2. The van der Waals surface area contributed by atoms with E-state index in [9.17, 15) is 9.18 Å². The molecule has 1 atom stereocenters. The van der Waals surface area contributed by atoms with Gasteiger partial charge in [-0.1, -0.05) is 24.3 Å². The van der Waals surface area contributed by atoms with Crippen LogP contribution in [0, 0.1) is 0 Å².